The molecule has 2 unspecified atom stereocenters. The molecule has 0 saturated heterocycles. The quantitative estimate of drug-likeness (QED) is 0.291. The first-order valence-electron chi connectivity index (χ1n) is 11.6. The molecule has 1 aliphatic carbocycles. The maximum Gasteiger partial charge on any atom is 3.00 e. The average Bonchev–Trinajstić information content (AvgIpc) is 3.28. The van der Waals surface area contributed by atoms with Crippen LogP contribution in [-0.4, -0.2) is 4.98 Å². The second kappa shape index (κ2) is 13.4. The van der Waals surface area contributed by atoms with Gasteiger partial charge in [-0.1, -0.05) is 91.4 Å². The molecule has 3 aromatic rings. The van der Waals surface area contributed by atoms with Gasteiger partial charge in [0.15, 0.2) is 0 Å². The summed E-state index contributed by atoms with van der Waals surface area (Å²) in [4.78, 5) is 5.18. The van der Waals surface area contributed by atoms with Gasteiger partial charge in [0.2, 0.25) is 0 Å². The Bertz CT molecular complexity index is 1030. The molecule has 0 spiro atoms. The minimum atomic E-state index is -0.111. The minimum Gasteiger partial charge on any atom is -0.673 e. The number of hydrogen-bond acceptors (Lipinski definition) is 1. The van der Waals surface area contributed by atoms with E-state index < -0.39 is 0 Å². The van der Waals surface area contributed by atoms with Gasteiger partial charge in [-0.2, -0.15) is 6.42 Å². The standard InChI is InChI=1S/C29H34N2.2CH3.Zr/c1-19(2)24-13-8-9-14-25(24)29(31-28-21(4)17-20(3)18-22(28)5)27-16-10-15-26(30-27)23-11-6-7-12-23;;;/h8-11,13-19,23,29H,6-7,12H2,1-5H3;2*1H3;/q-2;2*-1;+3. The fraction of sp³-hybridized carbons (Fsp3) is 0.355. The molecule has 1 heterocycles. The molecule has 4 rings (SSSR count). The van der Waals surface area contributed by atoms with Crippen molar-refractivity contribution in [1.82, 2.24) is 4.98 Å². The van der Waals surface area contributed by atoms with Crippen molar-refractivity contribution in [2.24, 2.45) is 0 Å². The summed E-state index contributed by atoms with van der Waals surface area (Å²) in [5.41, 5.74) is 9.67. The number of rotatable bonds is 6. The van der Waals surface area contributed by atoms with Crippen molar-refractivity contribution in [1.29, 1.82) is 0 Å². The van der Waals surface area contributed by atoms with E-state index in [2.05, 4.69) is 95.6 Å². The summed E-state index contributed by atoms with van der Waals surface area (Å²) in [6, 6.07) is 19.6. The number of benzene rings is 2. The van der Waals surface area contributed by atoms with Gasteiger partial charge in [-0.15, -0.1) is 11.6 Å². The molecule has 0 N–H and O–H groups in total. The molecule has 2 aromatic carbocycles. The van der Waals surface area contributed by atoms with Crippen LogP contribution in [0.3, 0.4) is 0 Å². The molecule has 0 amide bonds. The van der Waals surface area contributed by atoms with Crippen molar-refractivity contribution < 1.29 is 26.2 Å². The summed E-state index contributed by atoms with van der Waals surface area (Å²) in [6.45, 7) is 11.0. The summed E-state index contributed by atoms with van der Waals surface area (Å²) in [5.74, 6) is 0.907. The van der Waals surface area contributed by atoms with E-state index in [-0.39, 0.29) is 47.1 Å². The van der Waals surface area contributed by atoms with Crippen LogP contribution in [0.4, 0.5) is 5.69 Å². The van der Waals surface area contributed by atoms with Gasteiger partial charge in [-0.3, -0.25) is 4.98 Å². The predicted molar refractivity (Wildman–Crippen MR) is 144 cm³/mol. The van der Waals surface area contributed by atoms with Gasteiger partial charge in [-0.05, 0) is 50.4 Å². The van der Waals surface area contributed by atoms with Crippen molar-refractivity contribution in [3.05, 3.63) is 120 Å². The fourth-order valence-corrected chi connectivity index (χ4v) is 4.96. The molecule has 1 fully saturated rings. The van der Waals surface area contributed by atoms with Crippen LogP contribution in [0, 0.1) is 42.0 Å². The summed E-state index contributed by atoms with van der Waals surface area (Å²) < 4.78 is 0. The van der Waals surface area contributed by atoms with Crippen LogP contribution in [0.1, 0.15) is 90.2 Å². The van der Waals surface area contributed by atoms with Crippen molar-refractivity contribution in [3.63, 3.8) is 0 Å². The van der Waals surface area contributed by atoms with Gasteiger partial charge >= 0.3 is 26.2 Å². The number of nitrogens with zero attached hydrogens (tertiary/aromatic N) is 2. The normalized spacial score (nSPS) is 15.6. The molecule has 0 bridgehead atoms. The second-order valence-corrected chi connectivity index (χ2v) is 9.32. The van der Waals surface area contributed by atoms with E-state index in [1.807, 2.05) is 0 Å². The molecule has 34 heavy (non-hydrogen) atoms. The number of aromatic nitrogens is 1. The van der Waals surface area contributed by atoms with Crippen LogP contribution < -0.4 is 0 Å². The average molecular weight is 532 g/mol. The Hall–Kier alpha value is -1.73. The number of hydrogen-bond donors (Lipinski definition) is 0. The molecule has 1 aliphatic rings. The second-order valence-electron chi connectivity index (χ2n) is 9.32. The number of aryl methyl sites for hydroxylation is 3. The van der Waals surface area contributed by atoms with Crippen LogP contribution in [0.2, 0.25) is 0 Å². The topological polar surface area (TPSA) is 27.0 Å². The first kappa shape index (κ1) is 30.3. The van der Waals surface area contributed by atoms with Crippen LogP contribution in [0.25, 0.3) is 5.32 Å². The van der Waals surface area contributed by atoms with E-state index in [1.165, 1.54) is 52.8 Å². The van der Waals surface area contributed by atoms with Crippen molar-refractivity contribution in [2.45, 2.75) is 71.8 Å². The zero-order chi connectivity index (χ0) is 22.0. The molecule has 0 aliphatic heterocycles. The molecule has 2 nitrogen and oxygen atoms in total. The Morgan fingerprint density at radius 3 is 2.15 bits per heavy atom. The zero-order valence-corrected chi connectivity index (χ0v) is 24.5. The third-order valence-corrected chi connectivity index (χ3v) is 6.43. The molecule has 3 heteroatoms. The Kier molecular flexibility index (Phi) is 11.9. The SMILES string of the molecule is Cc1cc(C)c([N-]C(c2cccc(C3[CH-]CCC3)n2)c2ccccc2C(C)C)c(C)c1.[CH3-].[CH3-].[Zr+3]. The van der Waals surface area contributed by atoms with Gasteiger partial charge in [0.1, 0.15) is 0 Å². The fourth-order valence-electron chi connectivity index (χ4n) is 4.96. The molecule has 2 atom stereocenters. The zero-order valence-electron chi connectivity index (χ0n) is 22.0. The van der Waals surface area contributed by atoms with Crippen LogP contribution in [-0.2, 0) is 26.2 Å². The van der Waals surface area contributed by atoms with Crippen LogP contribution in [0.15, 0.2) is 54.6 Å². The monoisotopic (exact) mass is 530 g/mol. The maximum atomic E-state index is 5.38. The predicted octanol–water partition coefficient (Wildman–Crippen LogP) is 9.29. The van der Waals surface area contributed by atoms with E-state index in [1.54, 1.807) is 0 Å². The van der Waals surface area contributed by atoms with Gasteiger partial charge in [-0.25, -0.2) is 0 Å². The van der Waals surface area contributed by atoms with Gasteiger partial charge in [0.05, 0.1) is 0 Å². The van der Waals surface area contributed by atoms with E-state index >= 15 is 0 Å². The molecule has 1 radical (unpaired) electrons. The van der Waals surface area contributed by atoms with Crippen LogP contribution in [0.5, 0.6) is 0 Å². The first-order chi connectivity index (χ1) is 14.9. The molecular formula is C31H40N2Zr-. The summed E-state index contributed by atoms with van der Waals surface area (Å²) in [6.07, 6.45) is 6.09. The summed E-state index contributed by atoms with van der Waals surface area (Å²) in [5, 5.41) is 5.38. The smallest absolute Gasteiger partial charge is 0.673 e. The summed E-state index contributed by atoms with van der Waals surface area (Å²) >= 11 is 0. The number of pyridine rings is 1. The van der Waals surface area contributed by atoms with Crippen molar-refractivity contribution in [2.75, 3.05) is 0 Å². The van der Waals surface area contributed by atoms with Gasteiger partial charge < -0.3 is 26.6 Å². The van der Waals surface area contributed by atoms with E-state index in [9.17, 15) is 0 Å². The Morgan fingerprint density at radius 1 is 0.912 bits per heavy atom. The van der Waals surface area contributed by atoms with Crippen molar-refractivity contribution >= 4 is 5.69 Å². The minimum absolute atomic E-state index is 0. The van der Waals surface area contributed by atoms with E-state index in [4.69, 9.17) is 10.3 Å². The molecular weight excluding hydrogens is 492 g/mol. The Labute approximate surface area is 228 Å². The summed E-state index contributed by atoms with van der Waals surface area (Å²) in [7, 11) is 0. The maximum absolute atomic E-state index is 5.38. The third-order valence-electron chi connectivity index (χ3n) is 6.43. The van der Waals surface area contributed by atoms with E-state index in [0.29, 0.717) is 11.8 Å². The van der Waals surface area contributed by atoms with Crippen molar-refractivity contribution in [3.8, 4) is 0 Å². The molecule has 179 valence electrons. The molecule has 1 saturated carbocycles. The largest absolute Gasteiger partial charge is 3.00 e. The van der Waals surface area contributed by atoms with Crippen LogP contribution >= 0.6 is 0 Å². The van der Waals surface area contributed by atoms with Gasteiger partial charge in [0.25, 0.3) is 0 Å². The van der Waals surface area contributed by atoms with E-state index in [0.717, 1.165) is 11.4 Å². The first-order valence-corrected chi connectivity index (χ1v) is 11.6. The Balaban J connectivity index is 0.00000193. The third kappa shape index (κ3) is 6.69. The van der Waals surface area contributed by atoms with Gasteiger partial charge in [0, 0.05) is 11.4 Å². The molecule has 1 aromatic heterocycles. The Morgan fingerprint density at radius 2 is 1.56 bits per heavy atom.